The van der Waals surface area contributed by atoms with Crippen molar-refractivity contribution >= 4 is 53.6 Å². The first kappa shape index (κ1) is 26.5. The molecule has 0 bridgehead atoms. The molecule has 1 aliphatic rings. The van der Waals surface area contributed by atoms with Crippen molar-refractivity contribution in [1.82, 2.24) is 14.4 Å². The van der Waals surface area contributed by atoms with Gasteiger partial charge < -0.3 is 32.3 Å². The number of aromatic nitrogens is 3. The van der Waals surface area contributed by atoms with Crippen LogP contribution >= 0.6 is 24.8 Å². The molecule has 2 heterocycles. The molecule has 9 N–H and O–H groups in total. The molecule has 10 nitrogen and oxygen atoms in total. The smallest absolute Gasteiger partial charge is 0.323 e. The highest BCUT2D eigenvalue weighted by atomic mass is 35.5. The van der Waals surface area contributed by atoms with Crippen LogP contribution in [0, 0.1) is 0 Å². The Bertz CT molecular complexity index is 1320. The Morgan fingerprint density at radius 3 is 2.50 bits per heavy atom. The van der Waals surface area contributed by atoms with Crippen LogP contribution in [-0.4, -0.2) is 31.4 Å². The Hall–Kier alpha value is -3.57. The van der Waals surface area contributed by atoms with Crippen molar-refractivity contribution in [3.8, 4) is 11.3 Å². The summed E-state index contributed by atoms with van der Waals surface area (Å²) in [7, 11) is 0. The molecule has 0 saturated heterocycles. The van der Waals surface area contributed by atoms with E-state index in [9.17, 15) is 9.59 Å². The van der Waals surface area contributed by atoms with Crippen LogP contribution < -0.4 is 21.9 Å². The summed E-state index contributed by atoms with van der Waals surface area (Å²) in [6.07, 6.45) is 4.04. The van der Waals surface area contributed by atoms with Gasteiger partial charge in [0.25, 0.3) is 5.56 Å². The van der Waals surface area contributed by atoms with Crippen molar-refractivity contribution in [3.63, 3.8) is 0 Å². The number of urea groups is 1. The largest absolute Gasteiger partial charge is 0.412 e. The molecule has 5 rings (SSSR count). The average molecular weight is 481 g/mol. The minimum atomic E-state index is -0.355. The minimum Gasteiger partial charge on any atom is -0.412 e. The number of H-pyrrole nitrogens is 1. The van der Waals surface area contributed by atoms with E-state index >= 15 is 0 Å². The summed E-state index contributed by atoms with van der Waals surface area (Å²) in [5.74, 6) is 0. The molecular formula is C20H22Cl2N6O4. The third-order valence-corrected chi connectivity index (χ3v) is 4.80. The molecule has 0 spiro atoms. The van der Waals surface area contributed by atoms with Crippen LogP contribution in [0.3, 0.4) is 0 Å². The van der Waals surface area contributed by atoms with E-state index in [0.717, 1.165) is 22.5 Å². The average Bonchev–Trinajstić information content (AvgIpc) is 3.26. The first-order chi connectivity index (χ1) is 13.6. The van der Waals surface area contributed by atoms with Gasteiger partial charge in [0.2, 0.25) is 5.65 Å². The molecule has 0 unspecified atom stereocenters. The third-order valence-electron chi connectivity index (χ3n) is 4.80. The van der Waals surface area contributed by atoms with Crippen LogP contribution in [0.1, 0.15) is 11.3 Å². The number of benzene rings is 2. The predicted octanol–water partition coefficient (Wildman–Crippen LogP) is 2.01. The van der Waals surface area contributed by atoms with Crippen LogP contribution in [-0.2, 0) is 6.42 Å². The molecule has 2 amide bonds. The fourth-order valence-corrected chi connectivity index (χ4v) is 3.60. The Balaban J connectivity index is 0.00000128. The van der Waals surface area contributed by atoms with E-state index in [2.05, 4.69) is 20.6 Å². The second kappa shape index (κ2) is 10.2. The first-order valence-electron chi connectivity index (χ1n) is 8.73. The highest BCUT2D eigenvalue weighted by Crippen LogP contribution is 2.35. The van der Waals surface area contributed by atoms with Crippen molar-refractivity contribution in [2.45, 2.75) is 6.42 Å². The third kappa shape index (κ3) is 4.53. The summed E-state index contributed by atoms with van der Waals surface area (Å²) in [5, 5.41) is 5.58. The predicted molar refractivity (Wildman–Crippen MR) is 129 cm³/mol. The molecule has 4 aromatic rings. The molecule has 1 aliphatic carbocycles. The summed E-state index contributed by atoms with van der Waals surface area (Å²) in [6.45, 7) is 0. The zero-order chi connectivity index (χ0) is 19.3. The molecule has 0 fully saturated rings. The van der Waals surface area contributed by atoms with Crippen LogP contribution in [0.25, 0.3) is 16.9 Å². The number of nitrogen functional groups attached to an aromatic ring is 1. The van der Waals surface area contributed by atoms with E-state index in [4.69, 9.17) is 5.73 Å². The monoisotopic (exact) mass is 480 g/mol. The van der Waals surface area contributed by atoms with E-state index in [1.54, 1.807) is 36.7 Å². The molecule has 0 aliphatic heterocycles. The number of hydrogen-bond donors (Lipinski definition) is 4. The molecule has 32 heavy (non-hydrogen) atoms. The lowest BCUT2D eigenvalue weighted by Crippen LogP contribution is -2.19. The number of aromatic amines is 1. The number of nitrogens with zero attached hydrogens (tertiary/aromatic N) is 2. The van der Waals surface area contributed by atoms with E-state index in [0.29, 0.717) is 29.1 Å². The zero-order valence-electron chi connectivity index (χ0n) is 16.5. The van der Waals surface area contributed by atoms with Gasteiger partial charge in [-0.05, 0) is 35.9 Å². The Labute approximate surface area is 194 Å². The maximum atomic E-state index is 12.3. The van der Waals surface area contributed by atoms with Gasteiger partial charge in [0, 0.05) is 41.4 Å². The van der Waals surface area contributed by atoms with Crippen molar-refractivity contribution in [3.05, 3.63) is 76.5 Å². The molecule has 0 saturated carbocycles. The maximum absolute atomic E-state index is 12.3. The number of amides is 2. The van der Waals surface area contributed by atoms with E-state index in [-0.39, 0.29) is 47.4 Å². The summed E-state index contributed by atoms with van der Waals surface area (Å²) >= 11 is 0. The van der Waals surface area contributed by atoms with Crippen molar-refractivity contribution in [2.24, 2.45) is 0 Å². The standard InChI is InChI=1S/C20H16N6O2.2ClH.2H2O/c21-12-2-1-3-13(10-12)23-20(28)24-14-4-5-15-11(8-14)9-16-17(15)25-19(27)18-22-6-7-26(16)18;;;;/h1-8,10H,9,21H2,(H,25,27)(H2,23,24,28);2*1H;2*1H2. The zero-order valence-corrected chi connectivity index (χ0v) is 18.1. The molecule has 170 valence electrons. The topological polar surface area (TPSA) is 180 Å². The fourth-order valence-electron chi connectivity index (χ4n) is 3.60. The number of anilines is 3. The minimum absolute atomic E-state index is 0. The van der Waals surface area contributed by atoms with Gasteiger partial charge in [-0.3, -0.25) is 9.20 Å². The molecule has 0 radical (unpaired) electrons. The quantitative estimate of drug-likeness (QED) is 0.282. The summed E-state index contributed by atoms with van der Waals surface area (Å²) < 4.78 is 1.81. The van der Waals surface area contributed by atoms with Gasteiger partial charge in [-0.2, -0.15) is 0 Å². The lowest BCUT2D eigenvalue weighted by Gasteiger charge is -2.09. The summed E-state index contributed by atoms with van der Waals surface area (Å²) in [4.78, 5) is 31.5. The van der Waals surface area contributed by atoms with Gasteiger partial charge in [0.15, 0.2) is 0 Å². The lowest BCUT2D eigenvalue weighted by atomic mass is 10.1. The van der Waals surface area contributed by atoms with Crippen molar-refractivity contribution in [2.75, 3.05) is 16.4 Å². The number of imidazole rings is 1. The van der Waals surface area contributed by atoms with E-state index in [1.165, 1.54) is 0 Å². The van der Waals surface area contributed by atoms with Gasteiger partial charge >= 0.3 is 6.03 Å². The summed E-state index contributed by atoms with van der Waals surface area (Å²) in [5.41, 5.74) is 11.5. The number of fused-ring (bicyclic) bond motifs is 5. The van der Waals surface area contributed by atoms with Crippen LogP contribution in [0.4, 0.5) is 21.9 Å². The maximum Gasteiger partial charge on any atom is 0.323 e. The molecule has 0 atom stereocenters. The van der Waals surface area contributed by atoms with Gasteiger partial charge in [0.1, 0.15) is 0 Å². The number of nitrogens with two attached hydrogens (primary N) is 1. The molecular weight excluding hydrogens is 459 g/mol. The van der Waals surface area contributed by atoms with Crippen LogP contribution in [0.2, 0.25) is 0 Å². The van der Waals surface area contributed by atoms with E-state index < -0.39 is 0 Å². The molecule has 2 aromatic heterocycles. The van der Waals surface area contributed by atoms with Crippen LogP contribution in [0.5, 0.6) is 0 Å². The highest BCUT2D eigenvalue weighted by molar-refractivity contribution is 6.00. The number of carbonyl (C=O) groups is 1. The van der Waals surface area contributed by atoms with E-state index in [1.807, 2.05) is 22.6 Å². The highest BCUT2D eigenvalue weighted by Gasteiger charge is 2.23. The van der Waals surface area contributed by atoms with Crippen LogP contribution in [0.15, 0.2) is 59.7 Å². The van der Waals surface area contributed by atoms with Gasteiger partial charge in [-0.1, -0.05) is 12.1 Å². The Morgan fingerprint density at radius 2 is 1.78 bits per heavy atom. The van der Waals surface area contributed by atoms with Gasteiger partial charge in [-0.25, -0.2) is 9.78 Å². The normalized spacial score (nSPS) is 10.4. The second-order valence-corrected chi connectivity index (χ2v) is 6.65. The SMILES string of the molecule is Cl.Cl.Nc1cccc(NC(=O)Nc2ccc3c(c2)Cc2c-3[nH]c(=O)c3nccn23)c1.O.O. The summed E-state index contributed by atoms with van der Waals surface area (Å²) in [6, 6.07) is 12.2. The van der Waals surface area contributed by atoms with Crippen molar-refractivity contribution in [1.29, 1.82) is 0 Å². The number of halogens is 2. The number of nitrogens with one attached hydrogen (secondary N) is 3. The lowest BCUT2D eigenvalue weighted by molar-refractivity contribution is 0.262. The van der Waals surface area contributed by atoms with Gasteiger partial charge in [0.05, 0.1) is 11.4 Å². The van der Waals surface area contributed by atoms with Crippen molar-refractivity contribution < 1.29 is 15.7 Å². The Kier molecular flexibility index (Phi) is 8.40. The Morgan fingerprint density at radius 1 is 1.06 bits per heavy atom. The number of hydrogen-bond acceptors (Lipinski definition) is 4. The fraction of sp³-hybridized carbons (Fsp3) is 0.0500. The first-order valence-corrected chi connectivity index (χ1v) is 8.73. The molecule has 2 aromatic carbocycles. The number of rotatable bonds is 2. The van der Waals surface area contributed by atoms with Gasteiger partial charge in [-0.15, -0.1) is 24.8 Å². The second-order valence-electron chi connectivity index (χ2n) is 6.65. The number of carbonyl (C=O) groups excluding carboxylic acids is 1. The molecule has 12 heteroatoms.